The summed E-state index contributed by atoms with van der Waals surface area (Å²) in [6.07, 6.45) is 0.276. The van der Waals surface area contributed by atoms with Crippen LogP contribution in [-0.4, -0.2) is 66.3 Å². The van der Waals surface area contributed by atoms with Crippen LogP contribution in [0.25, 0.3) is 0 Å². The van der Waals surface area contributed by atoms with E-state index < -0.39 is 0 Å². The van der Waals surface area contributed by atoms with Gasteiger partial charge in [0.1, 0.15) is 5.82 Å². The van der Waals surface area contributed by atoms with E-state index in [9.17, 15) is 14.0 Å². The van der Waals surface area contributed by atoms with Gasteiger partial charge in [0.15, 0.2) is 0 Å². The van der Waals surface area contributed by atoms with Crippen LogP contribution >= 0.6 is 0 Å². The summed E-state index contributed by atoms with van der Waals surface area (Å²) in [6, 6.07) is 6.40. The molecule has 1 aromatic carbocycles. The summed E-state index contributed by atoms with van der Waals surface area (Å²) in [5, 5.41) is 0. The molecule has 1 aromatic rings. The molecule has 23 heavy (non-hydrogen) atoms. The Labute approximate surface area is 136 Å². The summed E-state index contributed by atoms with van der Waals surface area (Å²) in [6.45, 7) is 5.15. The Morgan fingerprint density at radius 2 is 1.83 bits per heavy atom. The Kier molecular flexibility index (Phi) is 6.10. The van der Waals surface area contributed by atoms with Crippen LogP contribution in [0, 0.1) is 5.82 Å². The molecule has 0 N–H and O–H groups in total. The average Bonchev–Trinajstić information content (AvgIpc) is 2.53. The third-order valence-corrected chi connectivity index (χ3v) is 4.22. The fourth-order valence-corrected chi connectivity index (χ4v) is 2.62. The van der Waals surface area contributed by atoms with E-state index in [0.29, 0.717) is 12.1 Å². The maximum absolute atomic E-state index is 13.7. The maximum atomic E-state index is 13.7. The van der Waals surface area contributed by atoms with Crippen molar-refractivity contribution in [1.29, 1.82) is 0 Å². The van der Waals surface area contributed by atoms with Crippen LogP contribution in [0.5, 0.6) is 0 Å². The van der Waals surface area contributed by atoms with Gasteiger partial charge in [0.25, 0.3) is 0 Å². The van der Waals surface area contributed by atoms with Crippen LogP contribution < -0.4 is 0 Å². The number of nitrogens with zero attached hydrogens (tertiary/aromatic N) is 3. The second-order valence-corrected chi connectivity index (χ2v) is 5.97. The zero-order chi connectivity index (χ0) is 16.8. The van der Waals surface area contributed by atoms with E-state index in [2.05, 4.69) is 4.90 Å². The predicted octanol–water partition coefficient (Wildman–Crippen LogP) is 1.34. The van der Waals surface area contributed by atoms with Crippen molar-refractivity contribution in [3.63, 3.8) is 0 Å². The number of piperazine rings is 1. The number of likely N-dealkylation sites (N-methyl/N-ethyl adjacent to an activating group) is 1. The van der Waals surface area contributed by atoms with Crippen molar-refractivity contribution in [2.75, 3.05) is 39.8 Å². The van der Waals surface area contributed by atoms with Crippen molar-refractivity contribution >= 4 is 11.8 Å². The maximum Gasteiger partial charge on any atom is 0.224 e. The second-order valence-electron chi connectivity index (χ2n) is 5.97. The van der Waals surface area contributed by atoms with Gasteiger partial charge in [0.05, 0.1) is 0 Å². The first-order valence-corrected chi connectivity index (χ1v) is 7.92. The van der Waals surface area contributed by atoms with Crippen LogP contribution in [0.15, 0.2) is 24.3 Å². The quantitative estimate of drug-likeness (QED) is 0.822. The number of hydrogen-bond acceptors (Lipinski definition) is 3. The number of halogens is 1. The lowest BCUT2D eigenvalue weighted by molar-refractivity contribution is -0.134. The first kappa shape index (κ1) is 17.4. The summed E-state index contributed by atoms with van der Waals surface area (Å²) < 4.78 is 13.7. The molecule has 1 aliphatic rings. The molecule has 0 aromatic heterocycles. The molecule has 0 unspecified atom stereocenters. The van der Waals surface area contributed by atoms with E-state index in [0.717, 1.165) is 26.2 Å². The molecule has 1 aliphatic heterocycles. The first-order valence-electron chi connectivity index (χ1n) is 7.92. The highest BCUT2D eigenvalue weighted by Crippen LogP contribution is 2.11. The molecule has 1 saturated heterocycles. The minimum Gasteiger partial charge on any atom is -0.340 e. The Hall–Kier alpha value is -1.95. The minimum atomic E-state index is -0.329. The van der Waals surface area contributed by atoms with Crippen molar-refractivity contribution in [2.24, 2.45) is 0 Å². The molecule has 126 valence electrons. The van der Waals surface area contributed by atoms with Crippen LogP contribution in [0.1, 0.15) is 18.9 Å². The van der Waals surface area contributed by atoms with Crippen molar-refractivity contribution in [3.8, 4) is 0 Å². The molecule has 0 bridgehead atoms. The standard InChI is InChI=1S/C17H24FN3O2/c1-14(22)21(13-15-5-3-4-6-16(15)18)8-7-17(23)20-11-9-19(2)10-12-20/h3-6H,7-13H2,1-2H3. The normalized spacial score (nSPS) is 15.5. The van der Waals surface area contributed by atoms with E-state index >= 15 is 0 Å². The van der Waals surface area contributed by atoms with Gasteiger partial charge in [-0.1, -0.05) is 18.2 Å². The zero-order valence-corrected chi connectivity index (χ0v) is 13.8. The van der Waals surface area contributed by atoms with Crippen LogP contribution in [0.4, 0.5) is 4.39 Å². The lowest BCUT2D eigenvalue weighted by atomic mass is 10.2. The Morgan fingerprint density at radius 1 is 1.17 bits per heavy atom. The van der Waals surface area contributed by atoms with Gasteiger partial charge in [-0.3, -0.25) is 9.59 Å². The molecule has 0 radical (unpaired) electrons. The topological polar surface area (TPSA) is 43.9 Å². The number of rotatable bonds is 5. The molecule has 1 heterocycles. The number of benzene rings is 1. The third kappa shape index (κ3) is 5.03. The Morgan fingerprint density at radius 3 is 2.43 bits per heavy atom. The number of hydrogen-bond donors (Lipinski definition) is 0. The average molecular weight is 321 g/mol. The molecule has 0 aliphatic carbocycles. The van der Waals surface area contributed by atoms with E-state index in [1.165, 1.54) is 17.9 Å². The third-order valence-electron chi connectivity index (χ3n) is 4.22. The second kappa shape index (κ2) is 8.06. The Balaban J connectivity index is 1.89. The predicted molar refractivity (Wildman–Crippen MR) is 86.2 cm³/mol. The zero-order valence-electron chi connectivity index (χ0n) is 13.8. The van der Waals surface area contributed by atoms with Gasteiger partial charge in [-0.05, 0) is 13.1 Å². The molecular weight excluding hydrogens is 297 g/mol. The van der Waals surface area contributed by atoms with Crippen LogP contribution in [-0.2, 0) is 16.1 Å². The van der Waals surface area contributed by atoms with Crippen molar-refractivity contribution in [3.05, 3.63) is 35.6 Å². The minimum absolute atomic E-state index is 0.0536. The molecule has 1 fully saturated rings. The smallest absolute Gasteiger partial charge is 0.224 e. The summed E-state index contributed by atoms with van der Waals surface area (Å²) >= 11 is 0. The van der Waals surface area contributed by atoms with E-state index in [-0.39, 0.29) is 30.6 Å². The van der Waals surface area contributed by atoms with E-state index in [1.807, 2.05) is 11.9 Å². The molecule has 5 nitrogen and oxygen atoms in total. The van der Waals surface area contributed by atoms with Crippen molar-refractivity contribution in [1.82, 2.24) is 14.7 Å². The van der Waals surface area contributed by atoms with Gasteiger partial charge in [-0.15, -0.1) is 0 Å². The fraction of sp³-hybridized carbons (Fsp3) is 0.529. The lowest BCUT2D eigenvalue weighted by Gasteiger charge is -2.33. The summed E-state index contributed by atoms with van der Waals surface area (Å²) in [4.78, 5) is 29.5. The Bertz CT molecular complexity index is 557. The molecule has 6 heteroatoms. The highest BCUT2D eigenvalue weighted by atomic mass is 19.1. The van der Waals surface area contributed by atoms with Gasteiger partial charge in [0.2, 0.25) is 11.8 Å². The van der Waals surface area contributed by atoms with Crippen molar-refractivity contribution in [2.45, 2.75) is 19.9 Å². The van der Waals surface area contributed by atoms with Crippen molar-refractivity contribution < 1.29 is 14.0 Å². The number of carbonyl (C=O) groups excluding carboxylic acids is 2. The molecule has 2 amide bonds. The first-order chi connectivity index (χ1) is 11.0. The molecule has 0 atom stereocenters. The number of amides is 2. The summed E-state index contributed by atoms with van der Waals surface area (Å²) in [5.74, 6) is -0.429. The van der Waals surface area contributed by atoms with Crippen LogP contribution in [0.2, 0.25) is 0 Å². The van der Waals surface area contributed by atoms with Gasteiger partial charge in [-0.25, -0.2) is 4.39 Å². The van der Waals surface area contributed by atoms with Gasteiger partial charge in [0, 0.05) is 58.2 Å². The lowest BCUT2D eigenvalue weighted by Crippen LogP contribution is -2.47. The molecule has 0 spiro atoms. The molecule has 2 rings (SSSR count). The monoisotopic (exact) mass is 321 g/mol. The highest BCUT2D eigenvalue weighted by Gasteiger charge is 2.20. The van der Waals surface area contributed by atoms with Gasteiger partial charge < -0.3 is 14.7 Å². The SMILES string of the molecule is CC(=O)N(CCC(=O)N1CCN(C)CC1)Cc1ccccc1F. The largest absolute Gasteiger partial charge is 0.340 e. The van der Waals surface area contributed by atoms with E-state index in [4.69, 9.17) is 0 Å². The van der Waals surface area contributed by atoms with Gasteiger partial charge in [-0.2, -0.15) is 0 Å². The summed E-state index contributed by atoms with van der Waals surface area (Å²) in [7, 11) is 2.04. The fourth-order valence-electron chi connectivity index (χ4n) is 2.62. The molecule has 0 saturated carbocycles. The number of carbonyl (C=O) groups is 2. The summed E-state index contributed by atoms with van der Waals surface area (Å²) in [5.41, 5.74) is 0.467. The molecular formula is C17H24FN3O2. The highest BCUT2D eigenvalue weighted by molar-refractivity contribution is 5.78. The van der Waals surface area contributed by atoms with Crippen LogP contribution in [0.3, 0.4) is 0 Å². The van der Waals surface area contributed by atoms with E-state index in [1.54, 1.807) is 18.2 Å². The van der Waals surface area contributed by atoms with Gasteiger partial charge >= 0.3 is 0 Å².